The van der Waals surface area contributed by atoms with Crippen molar-refractivity contribution in [3.63, 3.8) is 0 Å². The average Bonchev–Trinajstić information content (AvgIpc) is 3.21. The Kier molecular flexibility index (Phi) is 6.83. The van der Waals surface area contributed by atoms with Crippen molar-refractivity contribution in [2.75, 3.05) is 0 Å². The highest BCUT2D eigenvalue weighted by atomic mass is 79.9. The first-order valence-corrected chi connectivity index (χ1v) is 12.1. The zero-order valence-corrected chi connectivity index (χ0v) is 22.7. The molecule has 0 N–H and O–H groups in total. The predicted molar refractivity (Wildman–Crippen MR) is 137 cm³/mol. The predicted octanol–water partition coefficient (Wildman–Crippen LogP) is 5.90. The van der Waals surface area contributed by atoms with E-state index >= 15 is 0 Å². The molecule has 8 nitrogen and oxygen atoms in total. The van der Waals surface area contributed by atoms with Crippen molar-refractivity contribution in [1.29, 1.82) is 0 Å². The highest BCUT2D eigenvalue weighted by Crippen LogP contribution is 2.30. The maximum absolute atomic E-state index is 13.4. The summed E-state index contributed by atoms with van der Waals surface area (Å²) in [4.78, 5) is 31.3. The van der Waals surface area contributed by atoms with E-state index in [9.17, 15) is 4.79 Å². The minimum absolute atomic E-state index is 0.169. The minimum atomic E-state index is -0.315. The Bertz CT molecular complexity index is 1470. The van der Waals surface area contributed by atoms with E-state index in [1.165, 1.54) is 17.0 Å². The Morgan fingerprint density at radius 1 is 1.11 bits per heavy atom. The standard InChI is InChI=1S/C25H25BrClN5O3/c1-13-9-29-24(25(4,5)6)31-22(13)18-8-19(17(27)10-28-18)32-14(2)7-20(21(26)23(32)33)35-12-16-11-34-15(3)30-16/h7-11H,12H2,1-6H3. The second-order valence-electron chi connectivity index (χ2n) is 9.25. The summed E-state index contributed by atoms with van der Waals surface area (Å²) in [6.07, 6.45) is 4.84. The van der Waals surface area contributed by atoms with Gasteiger partial charge in [-0.2, -0.15) is 0 Å². The van der Waals surface area contributed by atoms with E-state index in [-0.39, 0.29) is 22.1 Å². The van der Waals surface area contributed by atoms with Gasteiger partial charge in [0.1, 0.15) is 34.6 Å². The van der Waals surface area contributed by atoms with Gasteiger partial charge < -0.3 is 9.15 Å². The fourth-order valence-corrected chi connectivity index (χ4v) is 4.10. The van der Waals surface area contributed by atoms with Gasteiger partial charge in [0.15, 0.2) is 5.89 Å². The van der Waals surface area contributed by atoms with Gasteiger partial charge in [-0.1, -0.05) is 32.4 Å². The number of aryl methyl sites for hydroxylation is 3. The van der Waals surface area contributed by atoms with Crippen molar-refractivity contribution in [2.24, 2.45) is 0 Å². The van der Waals surface area contributed by atoms with Crippen LogP contribution in [0.5, 0.6) is 5.75 Å². The highest BCUT2D eigenvalue weighted by molar-refractivity contribution is 9.10. The first kappa shape index (κ1) is 25.1. The molecule has 4 heterocycles. The molecule has 0 unspecified atom stereocenters. The first-order chi connectivity index (χ1) is 16.5. The molecule has 182 valence electrons. The molecule has 0 radical (unpaired) electrons. The van der Waals surface area contributed by atoms with Crippen molar-refractivity contribution in [3.05, 3.63) is 79.3 Å². The molecule has 4 rings (SSSR count). The first-order valence-electron chi connectivity index (χ1n) is 10.9. The van der Waals surface area contributed by atoms with Gasteiger partial charge >= 0.3 is 0 Å². The van der Waals surface area contributed by atoms with E-state index in [1.807, 2.05) is 13.8 Å². The van der Waals surface area contributed by atoms with Gasteiger partial charge in [-0.15, -0.1) is 0 Å². The van der Waals surface area contributed by atoms with Crippen molar-refractivity contribution >= 4 is 27.5 Å². The van der Waals surface area contributed by atoms with Crippen molar-refractivity contribution < 1.29 is 9.15 Å². The van der Waals surface area contributed by atoms with Crippen LogP contribution in [0.2, 0.25) is 5.02 Å². The quantitative estimate of drug-likeness (QED) is 0.301. The monoisotopic (exact) mass is 557 g/mol. The van der Waals surface area contributed by atoms with E-state index in [2.05, 4.69) is 51.7 Å². The maximum atomic E-state index is 13.4. The van der Waals surface area contributed by atoms with Gasteiger partial charge in [0, 0.05) is 36.5 Å². The van der Waals surface area contributed by atoms with Crippen molar-refractivity contribution in [3.8, 4) is 22.8 Å². The summed E-state index contributed by atoms with van der Waals surface area (Å²) >= 11 is 9.91. The normalized spacial score (nSPS) is 11.7. The summed E-state index contributed by atoms with van der Waals surface area (Å²) in [5.41, 5.74) is 3.38. The van der Waals surface area contributed by atoms with Crippen LogP contribution in [0.25, 0.3) is 17.1 Å². The number of aromatic nitrogens is 5. The van der Waals surface area contributed by atoms with Crippen LogP contribution in [0.15, 0.2) is 44.5 Å². The molecule has 0 saturated heterocycles. The highest BCUT2D eigenvalue weighted by Gasteiger charge is 2.21. The molecule has 0 bridgehead atoms. The molecule has 0 aliphatic rings. The Hall–Kier alpha value is -3.04. The molecule has 0 fully saturated rings. The lowest BCUT2D eigenvalue weighted by molar-refractivity contribution is 0.297. The average molecular weight is 559 g/mol. The van der Waals surface area contributed by atoms with Crippen LogP contribution in [0.3, 0.4) is 0 Å². The fourth-order valence-electron chi connectivity index (χ4n) is 3.50. The molecule has 35 heavy (non-hydrogen) atoms. The number of halogens is 2. The Morgan fingerprint density at radius 2 is 1.86 bits per heavy atom. The van der Waals surface area contributed by atoms with Crippen LogP contribution in [-0.4, -0.2) is 24.5 Å². The summed E-state index contributed by atoms with van der Waals surface area (Å²) < 4.78 is 12.8. The van der Waals surface area contributed by atoms with Gasteiger partial charge in [0.2, 0.25) is 0 Å². The Labute approximate surface area is 216 Å². The number of hydrogen-bond donors (Lipinski definition) is 0. The van der Waals surface area contributed by atoms with Gasteiger partial charge in [-0.3, -0.25) is 14.3 Å². The van der Waals surface area contributed by atoms with Gasteiger partial charge in [-0.25, -0.2) is 15.0 Å². The molecule has 0 saturated carbocycles. The molecular formula is C25H25BrClN5O3. The third-order valence-electron chi connectivity index (χ3n) is 5.30. The van der Waals surface area contributed by atoms with Crippen LogP contribution in [-0.2, 0) is 12.0 Å². The summed E-state index contributed by atoms with van der Waals surface area (Å²) in [7, 11) is 0. The lowest BCUT2D eigenvalue weighted by Gasteiger charge is -2.19. The summed E-state index contributed by atoms with van der Waals surface area (Å²) in [5.74, 6) is 1.65. The van der Waals surface area contributed by atoms with Gasteiger partial charge in [0.25, 0.3) is 5.56 Å². The number of rotatable bonds is 5. The number of ether oxygens (including phenoxy) is 1. The van der Waals surface area contributed by atoms with Crippen LogP contribution in [0.1, 0.15) is 49.4 Å². The molecule has 0 aromatic carbocycles. The third kappa shape index (κ3) is 5.16. The number of oxazole rings is 1. The van der Waals surface area contributed by atoms with E-state index < -0.39 is 0 Å². The molecule has 0 amide bonds. The molecule has 0 aliphatic carbocycles. The second kappa shape index (κ2) is 9.54. The van der Waals surface area contributed by atoms with Crippen molar-refractivity contribution in [1.82, 2.24) is 24.5 Å². The maximum Gasteiger partial charge on any atom is 0.273 e. The third-order valence-corrected chi connectivity index (χ3v) is 6.32. The van der Waals surface area contributed by atoms with Gasteiger partial charge in [0.05, 0.1) is 22.1 Å². The minimum Gasteiger partial charge on any atom is -0.486 e. The molecule has 0 atom stereocenters. The summed E-state index contributed by atoms with van der Waals surface area (Å²) in [6, 6.07) is 3.53. The molecule has 10 heteroatoms. The summed E-state index contributed by atoms with van der Waals surface area (Å²) in [6.45, 7) is 11.8. The fraction of sp³-hybridized carbons (Fsp3) is 0.320. The van der Waals surface area contributed by atoms with Crippen LogP contribution in [0, 0.1) is 20.8 Å². The SMILES string of the molecule is Cc1nc(COc2cc(C)n(-c3cc(-c4nc(C(C)(C)C)ncc4C)ncc3Cl)c(=O)c2Br)co1. The zero-order valence-electron chi connectivity index (χ0n) is 20.3. The Balaban J connectivity index is 1.76. The zero-order chi connectivity index (χ0) is 25.5. The molecule has 4 aromatic heterocycles. The van der Waals surface area contributed by atoms with Crippen molar-refractivity contribution in [2.45, 2.75) is 53.6 Å². The van der Waals surface area contributed by atoms with Gasteiger partial charge in [-0.05, 0) is 41.4 Å². The second-order valence-corrected chi connectivity index (χ2v) is 10.4. The largest absolute Gasteiger partial charge is 0.486 e. The summed E-state index contributed by atoms with van der Waals surface area (Å²) in [5, 5.41) is 0.334. The molecule has 0 aliphatic heterocycles. The van der Waals surface area contributed by atoms with Crippen LogP contribution >= 0.6 is 27.5 Å². The van der Waals surface area contributed by atoms with E-state index in [0.29, 0.717) is 51.0 Å². The van der Waals surface area contributed by atoms with Crippen LogP contribution < -0.4 is 10.3 Å². The topological polar surface area (TPSA) is 95.9 Å². The van der Waals surface area contributed by atoms with E-state index in [4.69, 9.17) is 25.7 Å². The number of nitrogens with zero attached hydrogens (tertiary/aromatic N) is 5. The smallest absolute Gasteiger partial charge is 0.273 e. The van der Waals surface area contributed by atoms with E-state index in [1.54, 1.807) is 25.3 Å². The number of hydrogen-bond acceptors (Lipinski definition) is 7. The number of pyridine rings is 2. The molecule has 4 aromatic rings. The van der Waals surface area contributed by atoms with Crippen LogP contribution in [0.4, 0.5) is 0 Å². The lowest BCUT2D eigenvalue weighted by atomic mass is 9.95. The Morgan fingerprint density at radius 3 is 2.51 bits per heavy atom. The molecular weight excluding hydrogens is 534 g/mol. The lowest BCUT2D eigenvalue weighted by Crippen LogP contribution is -2.22. The van der Waals surface area contributed by atoms with E-state index in [0.717, 1.165) is 5.56 Å². The molecule has 0 spiro atoms.